The van der Waals surface area contributed by atoms with E-state index in [2.05, 4.69) is 53.0 Å². The zero-order valence-corrected chi connectivity index (χ0v) is 12.9. The topological polar surface area (TPSA) is 12.5 Å². The molecule has 1 saturated heterocycles. The van der Waals surface area contributed by atoms with Crippen molar-refractivity contribution in [3.8, 4) is 0 Å². The predicted molar refractivity (Wildman–Crippen MR) is 80.6 cm³/mol. The van der Waals surface area contributed by atoms with Crippen LogP contribution in [0.15, 0.2) is 18.2 Å². The summed E-state index contributed by atoms with van der Waals surface area (Å²) in [6.45, 7) is 5.18. The minimum Gasteiger partial charge on any atom is -0.381 e. The largest absolute Gasteiger partial charge is 0.381 e. The maximum Gasteiger partial charge on any atom is 0.0469 e. The molecule has 0 spiro atoms. The van der Waals surface area contributed by atoms with Gasteiger partial charge in [0.25, 0.3) is 0 Å². The van der Waals surface area contributed by atoms with E-state index in [0.29, 0.717) is 0 Å². The quantitative estimate of drug-likeness (QED) is 0.785. The first-order chi connectivity index (χ1) is 8.70. The minimum absolute atomic E-state index is 0.778. The fourth-order valence-electron chi connectivity index (χ4n) is 2.49. The molecule has 1 aromatic carbocycles. The van der Waals surface area contributed by atoms with Crippen molar-refractivity contribution in [3.63, 3.8) is 0 Å². The Morgan fingerprint density at radius 1 is 1.33 bits per heavy atom. The van der Waals surface area contributed by atoms with E-state index < -0.39 is 0 Å². The van der Waals surface area contributed by atoms with Crippen LogP contribution in [0, 0.1) is 12.8 Å². The van der Waals surface area contributed by atoms with Gasteiger partial charge in [0.05, 0.1) is 0 Å². The molecule has 0 atom stereocenters. The lowest BCUT2D eigenvalue weighted by Gasteiger charge is -2.28. The third kappa shape index (κ3) is 3.48. The van der Waals surface area contributed by atoms with E-state index in [1.54, 1.807) is 0 Å². The molecule has 0 saturated carbocycles. The Morgan fingerprint density at radius 2 is 2.06 bits per heavy atom. The zero-order chi connectivity index (χ0) is 13.0. The maximum atomic E-state index is 5.41. The van der Waals surface area contributed by atoms with E-state index in [0.717, 1.165) is 31.0 Å². The van der Waals surface area contributed by atoms with E-state index in [9.17, 15) is 0 Å². The molecule has 0 aliphatic carbocycles. The number of hydrogen-bond acceptors (Lipinski definition) is 2. The average Bonchev–Trinajstić information content (AvgIpc) is 2.39. The molecule has 1 heterocycles. The summed E-state index contributed by atoms with van der Waals surface area (Å²) in [7, 11) is 2.19. The van der Waals surface area contributed by atoms with Crippen molar-refractivity contribution in [3.05, 3.63) is 29.3 Å². The molecule has 2 rings (SSSR count). The Kier molecular flexibility index (Phi) is 5.07. The van der Waals surface area contributed by atoms with Crippen molar-refractivity contribution >= 4 is 21.6 Å². The third-order valence-electron chi connectivity index (χ3n) is 3.78. The second-order valence-electron chi connectivity index (χ2n) is 5.18. The van der Waals surface area contributed by atoms with Crippen LogP contribution in [0.3, 0.4) is 0 Å². The summed E-state index contributed by atoms with van der Waals surface area (Å²) >= 11 is 3.52. The normalized spacial score (nSPS) is 16.8. The number of alkyl halides is 1. The van der Waals surface area contributed by atoms with Crippen LogP contribution in [0.25, 0.3) is 0 Å². The van der Waals surface area contributed by atoms with E-state index in [1.807, 2.05) is 0 Å². The summed E-state index contributed by atoms with van der Waals surface area (Å²) in [5, 5.41) is 0.933. The van der Waals surface area contributed by atoms with Gasteiger partial charge >= 0.3 is 0 Å². The van der Waals surface area contributed by atoms with Gasteiger partial charge in [0, 0.05) is 37.8 Å². The molecule has 0 N–H and O–H groups in total. The van der Waals surface area contributed by atoms with Crippen LogP contribution in [0.1, 0.15) is 24.0 Å². The van der Waals surface area contributed by atoms with Gasteiger partial charge in [0.15, 0.2) is 0 Å². The highest BCUT2D eigenvalue weighted by Crippen LogP contribution is 2.23. The molecular weight excluding hydrogens is 290 g/mol. The van der Waals surface area contributed by atoms with Crippen molar-refractivity contribution in [2.75, 3.05) is 31.7 Å². The SMILES string of the molecule is Cc1cc(N(C)CC2CCOCC2)ccc1CBr. The minimum atomic E-state index is 0.778. The molecule has 0 radical (unpaired) electrons. The lowest BCUT2D eigenvalue weighted by atomic mass is 9.99. The molecule has 18 heavy (non-hydrogen) atoms. The first kappa shape index (κ1) is 13.9. The van der Waals surface area contributed by atoms with Gasteiger partial charge in [-0.15, -0.1) is 0 Å². The van der Waals surface area contributed by atoms with Crippen molar-refractivity contribution in [1.29, 1.82) is 0 Å². The van der Waals surface area contributed by atoms with Gasteiger partial charge in [-0.25, -0.2) is 0 Å². The number of nitrogens with zero attached hydrogens (tertiary/aromatic N) is 1. The first-order valence-electron chi connectivity index (χ1n) is 6.65. The number of aryl methyl sites for hydroxylation is 1. The molecule has 0 unspecified atom stereocenters. The monoisotopic (exact) mass is 311 g/mol. The molecule has 0 amide bonds. The van der Waals surface area contributed by atoms with Crippen LogP contribution in [-0.2, 0) is 10.1 Å². The third-order valence-corrected chi connectivity index (χ3v) is 4.39. The molecule has 0 bridgehead atoms. The van der Waals surface area contributed by atoms with Gasteiger partial charge in [-0.3, -0.25) is 0 Å². The molecule has 1 fully saturated rings. The van der Waals surface area contributed by atoms with Gasteiger partial charge in [-0.1, -0.05) is 22.0 Å². The van der Waals surface area contributed by atoms with Gasteiger partial charge in [-0.05, 0) is 48.9 Å². The summed E-state index contributed by atoms with van der Waals surface area (Å²) < 4.78 is 5.41. The van der Waals surface area contributed by atoms with Crippen LogP contribution in [0.5, 0.6) is 0 Å². The number of halogens is 1. The first-order valence-corrected chi connectivity index (χ1v) is 7.77. The van der Waals surface area contributed by atoms with E-state index in [-0.39, 0.29) is 0 Å². The fraction of sp³-hybridized carbons (Fsp3) is 0.600. The molecule has 1 aliphatic rings. The molecule has 100 valence electrons. The second-order valence-corrected chi connectivity index (χ2v) is 5.74. The van der Waals surface area contributed by atoms with Crippen LogP contribution < -0.4 is 4.90 Å². The number of rotatable bonds is 4. The zero-order valence-electron chi connectivity index (χ0n) is 11.3. The van der Waals surface area contributed by atoms with E-state index >= 15 is 0 Å². The number of benzene rings is 1. The van der Waals surface area contributed by atoms with Gasteiger partial charge < -0.3 is 9.64 Å². The van der Waals surface area contributed by atoms with Crippen molar-refractivity contribution in [2.45, 2.75) is 25.1 Å². The summed E-state index contributed by atoms with van der Waals surface area (Å²) in [4.78, 5) is 2.38. The fourth-order valence-corrected chi connectivity index (χ4v) is 3.12. The van der Waals surface area contributed by atoms with Crippen LogP contribution in [-0.4, -0.2) is 26.8 Å². The van der Waals surface area contributed by atoms with Crippen molar-refractivity contribution in [1.82, 2.24) is 0 Å². The lowest BCUT2D eigenvalue weighted by Crippen LogP contribution is -2.29. The lowest BCUT2D eigenvalue weighted by molar-refractivity contribution is 0.0685. The molecule has 1 aliphatic heterocycles. The molecule has 2 nitrogen and oxygen atoms in total. The van der Waals surface area contributed by atoms with Gasteiger partial charge in [-0.2, -0.15) is 0 Å². The molecule has 0 aromatic heterocycles. The van der Waals surface area contributed by atoms with Crippen LogP contribution in [0.2, 0.25) is 0 Å². The Balaban J connectivity index is 1.99. The highest BCUT2D eigenvalue weighted by molar-refractivity contribution is 9.08. The second kappa shape index (κ2) is 6.58. The van der Waals surface area contributed by atoms with E-state index in [4.69, 9.17) is 4.74 Å². The smallest absolute Gasteiger partial charge is 0.0469 e. The highest BCUT2D eigenvalue weighted by atomic mass is 79.9. The Labute approximate surface area is 118 Å². The number of anilines is 1. The number of hydrogen-bond donors (Lipinski definition) is 0. The summed E-state index contributed by atoms with van der Waals surface area (Å²) in [5.74, 6) is 0.778. The summed E-state index contributed by atoms with van der Waals surface area (Å²) in [6, 6.07) is 6.73. The predicted octanol–water partition coefficient (Wildman–Crippen LogP) is 3.75. The van der Waals surface area contributed by atoms with Crippen molar-refractivity contribution in [2.24, 2.45) is 5.92 Å². The molecule has 1 aromatic rings. The summed E-state index contributed by atoms with van der Waals surface area (Å²) in [6.07, 6.45) is 2.39. The van der Waals surface area contributed by atoms with E-state index in [1.165, 1.54) is 29.7 Å². The Morgan fingerprint density at radius 3 is 2.67 bits per heavy atom. The average molecular weight is 312 g/mol. The van der Waals surface area contributed by atoms with Crippen LogP contribution >= 0.6 is 15.9 Å². The Hall–Kier alpha value is -0.540. The van der Waals surface area contributed by atoms with Crippen molar-refractivity contribution < 1.29 is 4.74 Å². The maximum absolute atomic E-state index is 5.41. The Bertz CT molecular complexity index is 388. The standard InChI is InChI=1S/C15H22BrNO/c1-12-9-15(4-3-14(12)10-16)17(2)11-13-5-7-18-8-6-13/h3-4,9,13H,5-8,10-11H2,1-2H3. The molecule has 3 heteroatoms. The number of ether oxygens (including phenoxy) is 1. The van der Waals surface area contributed by atoms with Gasteiger partial charge in [0.1, 0.15) is 0 Å². The van der Waals surface area contributed by atoms with Crippen LogP contribution in [0.4, 0.5) is 5.69 Å². The summed E-state index contributed by atoms with van der Waals surface area (Å²) in [5.41, 5.74) is 4.06. The van der Waals surface area contributed by atoms with Gasteiger partial charge in [0.2, 0.25) is 0 Å². The molecular formula is C15H22BrNO. The highest BCUT2D eigenvalue weighted by Gasteiger charge is 2.16.